The molecule has 0 saturated heterocycles. The van der Waals surface area contributed by atoms with Gasteiger partial charge in [0.15, 0.2) is 4.90 Å². The molecule has 1 N–H and O–H groups in total. The summed E-state index contributed by atoms with van der Waals surface area (Å²) in [5.41, 5.74) is 0.601. The number of halogens is 3. The fraction of sp³-hybridized carbons (Fsp3) is 0.0667. The number of sulfonamides is 1. The summed E-state index contributed by atoms with van der Waals surface area (Å²) in [7, 11) is -4.31. The molecule has 2 rings (SSSR count). The Morgan fingerprint density at radius 3 is 2.36 bits per heavy atom. The second kappa shape index (κ2) is 6.88. The normalized spacial score (nSPS) is 10.9. The van der Waals surface area contributed by atoms with Crippen molar-refractivity contribution in [2.45, 2.75) is 4.90 Å². The van der Waals surface area contributed by atoms with Crippen molar-refractivity contribution in [3.63, 3.8) is 0 Å². The van der Waals surface area contributed by atoms with Crippen LogP contribution in [0.15, 0.2) is 47.4 Å². The molecule has 0 radical (unpaired) electrons. The summed E-state index contributed by atoms with van der Waals surface area (Å²) in [6.45, 7) is -0.289. The van der Waals surface area contributed by atoms with Gasteiger partial charge in [-0.1, -0.05) is 35.6 Å². The Balaban J connectivity index is 2.12. The molecular formula is C15H10ClF2NO2S. The van der Waals surface area contributed by atoms with Gasteiger partial charge in [0.25, 0.3) is 0 Å². The largest absolute Gasteiger partial charge is 0.247 e. The van der Waals surface area contributed by atoms with Gasteiger partial charge in [0.1, 0.15) is 11.6 Å². The van der Waals surface area contributed by atoms with Gasteiger partial charge in [0.2, 0.25) is 10.0 Å². The smallest absolute Gasteiger partial charge is 0.207 e. The number of hydrogen-bond donors (Lipinski definition) is 1. The van der Waals surface area contributed by atoms with Crippen LogP contribution in [0.25, 0.3) is 0 Å². The zero-order valence-corrected chi connectivity index (χ0v) is 12.7. The van der Waals surface area contributed by atoms with Gasteiger partial charge in [0, 0.05) is 10.6 Å². The maximum atomic E-state index is 13.5. The zero-order chi connectivity index (χ0) is 16.2. The quantitative estimate of drug-likeness (QED) is 0.872. The number of benzene rings is 2. The van der Waals surface area contributed by atoms with Gasteiger partial charge in [-0.25, -0.2) is 17.2 Å². The third-order valence-electron chi connectivity index (χ3n) is 2.60. The summed E-state index contributed by atoms with van der Waals surface area (Å²) in [6, 6.07) is 9.51. The van der Waals surface area contributed by atoms with E-state index in [4.69, 9.17) is 11.6 Å². The lowest BCUT2D eigenvalue weighted by atomic mass is 10.2. The average molecular weight is 342 g/mol. The first kappa shape index (κ1) is 16.4. The Morgan fingerprint density at radius 1 is 1.09 bits per heavy atom. The Labute approximate surface area is 132 Å². The van der Waals surface area contributed by atoms with Crippen molar-refractivity contribution in [1.82, 2.24) is 4.72 Å². The van der Waals surface area contributed by atoms with Gasteiger partial charge in [-0.2, -0.15) is 4.72 Å². The lowest BCUT2D eigenvalue weighted by molar-refractivity contribution is 0.515. The number of hydrogen-bond acceptors (Lipinski definition) is 2. The summed E-state index contributed by atoms with van der Waals surface area (Å²) in [4.78, 5) is -1.01. The van der Waals surface area contributed by atoms with E-state index in [0.717, 1.165) is 18.2 Å². The highest BCUT2D eigenvalue weighted by atomic mass is 35.5. The van der Waals surface area contributed by atoms with E-state index >= 15 is 0 Å². The Morgan fingerprint density at radius 2 is 1.73 bits per heavy atom. The lowest BCUT2D eigenvalue weighted by Crippen LogP contribution is -2.26. The molecule has 3 nitrogen and oxygen atoms in total. The van der Waals surface area contributed by atoms with Crippen molar-refractivity contribution in [3.05, 3.63) is 64.7 Å². The molecule has 2 aromatic carbocycles. The summed E-state index contributed by atoms with van der Waals surface area (Å²) in [6.07, 6.45) is 0. The third-order valence-corrected chi connectivity index (χ3v) is 4.28. The van der Waals surface area contributed by atoms with Crippen molar-refractivity contribution in [1.29, 1.82) is 0 Å². The minimum absolute atomic E-state index is 0.289. The Hall–Kier alpha value is -1.94. The van der Waals surface area contributed by atoms with E-state index in [0.29, 0.717) is 10.6 Å². The van der Waals surface area contributed by atoms with E-state index in [1.54, 1.807) is 24.3 Å². The molecule has 0 aliphatic rings. The summed E-state index contributed by atoms with van der Waals surface area (Å²) in [5, 5.41) is 0.501. The topological polar surface area (TPSA) is 46.2 Å². The third kappa shape index (κ3) is 4.04. The lowest BCUT2D eigenvalue weighted by Gasteiger charge is -2.05. The standard InChI is InChI=1S/C15H10ClF2NO2S/c16-12-6-1-4-11(10-12)5-3-9-19-22(20,21)15-13(17)7-2-8-14(15)18/h1-2,4,6-8,10,19H,9H2. The SMILES string of the molecule is O=S(=O)(NCC#Cc1cccc(Cl)c1)c1c(F)cccc1F. The molecule has 7 heteroatoms. The highest BCUT2D eigenvalue weighted by molar-refractivity contribution is 7.89. The average Bonchev–Trinajstić information content (AvgIpc) is 2.43. The monoisotopic (exact) mass is 341 g/mol. The summed E-state index contributed by atoms with van der Waals surface area (Å²) < 4.78 is 52.7. The maximum Gasteiger partial charge on any atom is 0.247 e. The van der Waals surface area contributed by atoms with Crippen molar-refractivity contribution < 1.29 is 17.2 Å². The van der Waals surface area contributed by atoms with E-state index in [2.05, 4.69) is 11.8 Å². The fourth-order valence-electron chi connectivity index (χ4n) is 1.66. The number of rotatable bonds is 3. The van der Waals surface area contributed by atoms with Crippen LogP contribution in [0.1, 0.15) is 5.56 Å². The molecule has 0 spiro atoms. The van der Waals surface area contributed by atoms with E-state index in [9.17, 15) is 17.2 Å². The Bertz CT molecular complexity index is 837. The van der Waals surface area contributed by atoms with Gasteiger partial charge >= 0.3 is 0 Å². The van der Waals surface area contributed by atoms with Crippen molar-refractivity contribution in [3.8, 4) is 11.8 Å². The highest BCUT2D eigenvalue weighted by Gasteiger charge is 2.22. The predicted molar refractivity (Wildman–Crippen MR) is 79.9 cm³/mol. The summed E-state index contributed by atoms with van der Waals surface area (Å²) in [5.74, 6) is 2.93. The highest BCUT2D eigenvalue weighted by Crippen LogP contribution is 2.17. The molecule has 0 amide bonds. The minimum Gasteiger partial charge on any atom is -0.207 e. The molecule has 22 heavy (non-hydrogen) atoms. The van der Waals surface area contributed by atoms with Gasteiger partial charge in [-0.3, -0.25) is 0 Å². The van der Waals surface area contributed by atoms with Gasteiger partial charge < -0.3 is 0 Å². The van der Waals surface area contributed by atoms with Crippen LogP contribution in [0.4, 0.5) is 8.78 Å². The second-order valence-electron chi connectivity index (χ2n) is 4.19. The first-order chi connectivity index (χ1) is 10.4. The first-order valence-corrected chi connectivity index (χ1v) is 7.94. The molecule has 0 saturated carbocycles. The first-order valence-electron chi connectivity index (χ1n) is 6.08. The van der Waals surface area contributed by atoms with Crippen LogP contribution < -0.4 is 4.72 Å². The fourth-order valence-corrected chi connectivity index (χ4v) is 2.90. The van der Waals surface area contributed by atoms with Gasteiger partial charge in [-0.15, -0.1) is 0 Å². The predicted octanol–water partition coefficient (Wildman–Crippen LogP) is 2.95. The molecule has 0 atom stereocenters. The van der Waals surface area contributed by atoms with Crippen LogP contribution in [0.2, 0.25) is 5.02 Å². The van der Waals surface area contributed by atoms with Crippen LogP contribution in [0.5, 0.6) is 0 Å². The van der Waals surface area contributed by atoms with E-state index in [1.807, 2.05) is 4.72 Å². The molecule has 0 heterocycles. The van der Waals surface area contributed by atoms with Crippen LogP contribution >= 0.6 is 11.6 Å². The minimum atomic E-state index is -4.31. The van der Waals surface area contributed by atoms with Crippen LogP contribution in [0, 0.1) is 23.5 Å². The summed E-state index contributed by atoms with van der Waals surface area (Å²) >= 11 is 5.78. The van der Waals surface area contributed by atoms with Crippen molar-refractivity contribution >= 4 is 21.6 Å². The van der Waals surface area contributed by atoms with Crippen LogP contribution in [0.3, 0.4) is 0 Å². The molecule has 2 aromatic rings. The number of nitrogens with one attached hydrogen (secondary N) is 1. The molecule has 0 aromatic heterocycles. The van der Waals surface area contributed by atoms with Crippen molar-refractivity contribution in [2.24, 2.45) is 0 Å². The second-order valence-corrected chi connectivity index (χ2v) is 6.33. The van der Waals surface area contributed by atoms with Gasteiger partial charge in [0.05, 0.1) is 6.54 Å². The van der Waals surface area contributed by atoms with E-state index in [1.165, 1.54) is 0 Å². The molecular weight excluding hydrogens is 332 g/mol. The van der Waals surface area contributed by atoms with Crippen LogP contribution in [-0.4, -0.2) is 15.0 Å². The molecule has 0 bridgehead atoms. The molecule has 0 aliphatic heterocycles. The van der Waals surface area contributed by atoms with Crippen LogP contribution in [-0.2, 0) is 10.0 Å². The molecule has 0 fully saturated rings. The molecule has 0 aliphatic carbocycles. The van der Waals surface area contributed by atoms with Gasteiger partial charge in [-0.05, 0) is 30.3 Å². The Kier molecular flexibility index (Phi) is 5.14. The van der Waals surface area contributed by atoms with E-state index in [-0.39, 0.29) is 6.54 Å². The zero-order valence-electron chi connectivity index (χ0n) is 11.1. The molecule has 114 valence electrons. The van der Waals surface area contributed by atoms with E-state index < -0.39 is 26.6 Å². The van der Waals surface area contributed by atoms with Crippen molar-refractivity contribution in [2.75, 3.05) is 6.54 Å². The molecule has 0 unspecified atom stereocenters. The maximum absolute atomic E-state index is 13.5.